The first-order valence-electron chi connectivity index (χ1n) is 4.54. The highest BCUT2D eigenvalue weighted by atomic mass is 32.2. The fraction of sp³-hybridized carbons (Fsp3) is 0.273. The van der Waals surface area contributed by atoms with Gasteiger partial charge in [0.25, 0.3) is 0 Å². The quantitative estimate of drug-likeness (QED) is 0.597. The van der Waals surface area contributed by atoms with Crippen molar-refractivity contribution >= 4 is 45.8 Å². The smallest absolute Gasteiger partial charge is 0.0640 e. The summed E-state index contributed by atoms with van der Waals surface area (Å²) in [5.74, 6) is 0. The molecule has 14 heavy (non-hydrogen) atoms. The number of thiophene rings is 1. The van der Waals surface area contributed by atoms with E-state index in [0.29, 0.717) is 0 Å². The van der Waals surface area contributed by atoms with Gasteiger partial charge in [-0.1, -0.05) is 13.0 Å². The lowest BCUT2D eigenvalue weighted by atomic mass is 10.1. The number of thioether (sulfide) groups is 1. The summed E-state index contributed by atoms with van der Waals surface area (Å²) in [4.78, 5) is 1.05. The number of hydrogen-bond donors (Lipinski definition) is 1. The van der Waals surface area contributed by atoms with E-state index in [1.165, 1.54) is 19.9 Å². The molecule has 0 aliphatic rings. The lowest BCUT2D eigenvalue weighted by molar-refractivity contribution is 1.13. The van der Waals surface area contributed by atoms with Crippen LogP contribution in [0.4, 0.5) is 0 Å². The Bertz CT molecular complexity index is 457. The van der Waals surface area contributed by atoms with Gasteiger partial charge in [0.15, 0.2) is 0 Å². The average Bonchev–Trinajstić information content (AvgIpc) is 2.54. The maximum Gasteiger partial charge on any atom is 0.0640 e. The summed E-state index contributed by atoms with van der Waals surface area (Å²) >= 11 is 8.08. The molecule has 0 atom stereocenters. The third kappa shape index (κ3) is 1.69. The van der Waals surface area contributed by atoms with Crippen LogP contribution in [-0.4, -0.2) is 6.26 Å². The largest absolute Gasteiger partial charge is 0.143 e. The molecule has 0 nitrogen and oxygen atoms in total. The van der Waals surface area contributed by atoms with Crippen LogP contribution in [0.5, 0.6) is 0 Å². The van der Waals surface area contributed by atoms with Gasteiger partial charge in [0.1, 0.15) is 0 Å². The number of rotatable bonds is 2. The molecular weight excluding hydrogens is 228 g/mol. The van der Waals surface area contributed by atoms with Crippen LogP contribution in [0.3, 0.4) is 0 Å². The van der Waals surface area contributed by atoms with Crippen LogP contribution < -0.4 is 0 Å². The normalized spacial score (nSPS) is 11.1. The molecule has 0 saturated heterocycles. The molecule has 0 fully saturated rings. The number of fused-ring (bicyclic) bond motifs is 1. The van der Waals surface area contributed by atoms with Crippen LogP contribution in [0.15, 0.2) is 27.3 Å². The van der Waals surface area contributed by atoms with Gasteiger partial charge >= 0.3 is 0 Å². The molecule has 0 aliphatic carbocycles. The Balaban J connectivity index is 2.73. The lowest BCUT2D eigenvalue weighted by Gasteiger charge is -1.97. The molecule has 1 aromatic heterocycles. The third-order valence-corrected chi connectivity index (χ3v) is 4.91. The molecule has 0 spiro atoms. The van der Waals surface area contributed by atoms with E-state index in [1.54, 1.807) is 0 Å². The van der Waals surface area contributed by atoms with Crippen molar-refractivity contribution in [1.29, 1.82) is 0 Å². The Morgan fingerprint density at radius 1 is 1.43 bits per heavy atom. The van der Waals surface area contributed by atoms with Gasteiger partial charge in [-0.15, -0.1) is 35.7 Å². The van der Waals surface area contributed by atoms with Gasteiger partial charge in [0.05, 0.1) is 4.21 Å². The minimum atomic E-state index is 1.05. The summed E-state index contributed by atoms with van der Waals surface area (Å²) in [6.07, 6.45) is 3.26. The minimum Gasteiger partial charge on any atom is -0.143 e. The Hall–Kier alpha value is -0.120. The molecule has 0 bridgehead atoms. The summed E-state index contributed by atoms with van der Waals surface area (Å²) in [6.45, 7) is 2.22. The molecule has 0 saturated carbocycles. The van der Waals surface area contributed by atoms with E-state index < -0.39 is 0 Å². The molecule has 2 rings (SSSR count). The predicted octanol–water partition coefficient (Wildman–Crippen LogP) is 4.47. The van der Waals surface area contributed by atoms with Crippen LogP contribution in [0, 0.1) is 0 Å². The van der Waals surface area contributed by atoms with Gasteiger partial charge in [-0.05, 0) is 35.8 Å². The summed E-state index contributed by atoms with van der Waals surface area (Å²) in [5, 5.41) is 1.40. The van der Waals surface area contributed by atoms with Gasteiger partial charge in [-0.25, -0.2) is 0 Å². The second-order valence-corrected chi connectivity index (χ2v) is 5.75. The first-order chi connectivity index (χ1) is 6.76. The van der Waals surface area contributed by atoms with Gasteiger partial charge in [0.2, 0.25) is 0 Å². The van der Waals surface area contributed by atoms with E-state index in [1.807, 2.05) is 23.1 Å². The minimum absolute atomic E-state index is 1.05. The third-order valence-electron chi connectivity index (χ3n) is 2.28. The van der Waals surface area contributed by atoms with E-state index in [0.717, 1.165) is 11.3 Å². The van der Waals surface area contributed by atoms with Crippen molar-refractivity contribution in [1.82, 2.24) is 0 Å². The summed E-state index contributed by atoms with van der Waals surface area (Å²) in [7, 11) is 0. The average molecular weight is 240 g/mol. The summed E-state index contributed by atoms with van der Waals surface area (Å²) in [5.41, 5.74) is 1.49. The van der Waals surface area contributed by atoms with E-state index in [2.05, 4.69) is 44.0 Å². The molecule has 1 heterocycles. The van der Waals surface area contributed by atoms with E-state index in [-0.39, 0.29) is 0 Å². The van der Waals surface area contributed by atoms with E-state index in [9.17, 15) is 0 Å². The molecule has 0 amide bonds. The van der Waals surface area contributed by atoms with Crippen molar-refractivity contribution in [2.24, 2.45) is 0 Å². The zero-order chi connectivity index (χ0) is 10.1. The van der Waals surface area contributed by atoms with Crippen LogP contribution in [0.25, 0.3) is 10.1 Å². The Morgan fingerprint density at radius 3 is 2.86 bits per heavy atom. The Kier molecular flexibility index (Phi) is 3.10. The molecule has 0 N–H and O–H groups in total. The second-order valence-electron chi connectivity index (χ2n) is 3.11. The zero-order valence-corrected chi connectivity index (χ0v) is 10.7. The molecule has 74 valence electrons. The highest BCUT2D eigenvalue weighted by Crippen LogP contribution is 2.38. The maximum atomic E-state index is 4.36. The monoisotopic (exact) mass is 240 g/mol. The van der Waals surface area contributed by atoms with Gasteiger partial charge in [-0.3, -0.25) is 0 Å². The molecule has 2 aromatic rings. The fourth-order valence-electron chi connectivity index (χ4n) is 1.62. The first-order valence-corrected chi connectivity index (χ1v) is 7.03. The number of thiol groups is 1. The highest BCUT2D eigenvalue weighted by Gasteiger charge is 2.09. The number of hydrogen-bond acceptors (Lipinski definition) is 3. The highest BCUT2D eigenvalue weighted by molar-refractivity contribution is 8.00. The molecule has 0 radical (unpaired) electrons. The summed E-state index contributed by atoms with van der Waals surface area (Å²) in [6, 6.07) is 6.41. The molecule has 3 heteroatoms. The SMILES string of the molecule is CCc1c(SC)sc2cc(S)ccc12. The zero-order valence-electron chi connectivity index (χ0n) is 8.20. The van der Waals surface area contributed by atoms with Gasteiger partial charge in [0, 0.05) is 9.60 Å². The van der Waals surface area contributed by atoms with Crippen molar-refractivity contribution in [3.8, 4) is 0 Å². The predicted molar refractivity (Wildman–Crippen MR) is 70.2 cm³/mol. The Morgan fingerprint density at radius 2 is 2.21 bits per heavy atom. The van der Waals surface area contributed by atoms with Crippen molar-refractivity contribution in [2.45, 2.75) is 22.4 Å². The van der Waals surface area contributed by atoms with Crippen molar-refractivity contribution in [3.63, 3.8) is 0 Å². The van der Waals surface area contributed by atoms with Crippen molar-refractivity contribution in [2.75, 3.05) is 6.26 Å². The van der Waals surface area contributed by atoms with Gasteiger partial charge in [-0.2, -0.15) is 0 Å². The maximum absolute atomic E-state index is 4.36. The molecule has 0 unspecified atom stereocenters. The summed E-state index contributed by atoms with van der Waals surface area (Å²) < 4.78 is 2.81. The molecule has 0 aliphatic heterocycles. The van der Waals surface area contributed by atoms with Crippen LogP contribution in [-0.2, 0) is 6.42 Å². The first kappa shape index (κ1) is 10.4. The standard InChI is InChI=1S/C11H12S3/c1-3-8-9-5-4-7(12)6-10(9)14-11(8)13-2/h4-6,12H,3H2,1-2H3. The lowest BCUT2D eigenvalue weighted by Crippen LogP contribution is -1.78. The van der Waals surface area contributed by atoms with Crippen molar-refractivity contribution < 1.29 is 0 Å². The Labute approximate surface area is 98.1 Å². The second kappa shape index (κ2) is 4.17. The number of benzene rings is 1. The van der Waals surface area contributed by atoms with Crippen molar-refractivity contribution in [3.05, 3.63) is 23.8 Å². The topological polar surface area (TPSA) is 0 Å². The van der Waals surface area contributed by atoms with E-state index in [4.69, 9.17) is 0 Å². The van der Waals surface area contributed by atoms with Crippen LogP contribution in [0.1, 0.15) is 12.5 Å². The number of aryl methyl sites for hydroxylation is 1. The van der Waals surface area contributed by atoms with Crippen LogP contribution >= 0.6 is 35.7 Å². The molecule has 1 aromatic carbocycles. The fourth-order valence-corrected chi connectivity index (χ4v) is 4.07. The molecular formula is C11H12S3. The van der Waals surface area contributed by atoms with E-state index >= 15 is 0 Å². The van der Waals surface area contributed by atoms with Gasteiger partial charge < -0.3 is 0 Å². The van der Waals surface area contributed by atoms with Crippen LogP contribution in [0.2, 0.25) is 0 Å².